The predicted molar refractivity (Wildman–Crippen MR) is 163 cm³/mol. The van der Waals surface area contributed by atoms with Gasteiger partial charge in [0, 0.05) is 63.3 Å². The van der Waals surface area contributed by atoms with Gasteiger partial charge in [0.15, 0.2) is 5.88 Å². The van der Waals surface area contributed by atoms with Crippen LogP contribution in [-0.2, 0) is 16.1 Å². The lowest BCUT2D eigenvalue weighted by molar-refractivity contribution is -0.120. The van der Waals surface area contributed by atoms with Crippen molar-refractivity contribution in [2.75, 3.05) is 51.7 Å². The highest BCUT2D eigenvalue weighted by molar-refractivity contribution is 6.21. The van der Waals surface area contributed by atoms with E-state index in [4.69, 9.17) is 4.99 Å². The van der Waals surface area contributed by atoms with Crippen molar-refractivity contribution < 1.29 is 19.1 Å². The molecule has 0 unspecified atom stereocenters. The molecule has 1 saturated heterocycles. The Morgan fingerprint density at radius 2 is 1.71 bits per heavy atom. The molecule has 0 atom stereocenters. The average molecular weight is 571 g/mol. The number of carbonyl (C=O) groups is 2. The quantitative estimate of drug-likeness (QED) is 0.278. The van der Waals surface area contributed by atoms with Crippen molar-refractivity contribution >= 4 is 39.8 Å². The fraction of sp³-hybridized carbons (Fsp3) is 0.281. The van der Waals surface area contributed by atoms with Gasteiger partial charge in [-0.25, -0.2) is 9.38 Å². The largest absolute Gasteiger partial charge is 0.494 e. The number of aromatic nitrogens is 1. The van der Waals surface area contributed by atoms with Crippen LogP contribution < -0.4 is 10.2 Å². The Bertz CT molecular complexity index is 1610. The van der Waals surface area contributed by atoms with E-state index < -0.39 is 5.82 Å². The summed E-state index contributed by atoms with van der Waals surface area (Å²) < 4.78 is 13.9. The number of fused-ring (bicyclic) bond motifs is 1. The molecule has 1 aliphatic heterocycles. The first kappa shape index (κ1) is 29.0. The molecule has 4 aromatic rings. The van der Waals surface area contributed by atoms with Gasteiger partial charge in [0.1, 0.15) is 5.82 Å². The lowest BCUT2D eigenvalue weighted by Crippen LogP contribution is -2.48. The molecule has 0 radical (unpaired) electrons. The Balaban J connectivity index is 1.44. The van der Waals surface area contributed by atoms with Crippen molar-refractivity contribution in [3.8, 4) is 5.88 Å². The van der Waals surface area contributed by atoms with E-state index in [9.17, 15) is 19.1 Å². The van der Waals surface area contributed by atoms with Crippen molar-refractivity contribution in [2.24, 2.45) is 4.99 Å². The molecule has 0 bridgehead atoms. The molecular weight excluding hydrogens is 535 g/mol. The third kappa shape index (κ3) is 6.67. The van der Waals surface area contributed by atoms with Gasteiger partial charge in [0.2, 0.25) is 11.8 Å². The first-order valence-electron chi connectivity index (χ1n) is 13.9. The summed E-state index contributed by atoms with van der Waals surface area (Å²) in [6.45, 7) is 5.86. The van der Waals surface area contributed by atoms with E-state index in [1.807, 2.05) is 48.5 Å². The van der Waals surface area contributed by atoms with Crippen LogP contribution in [0.25, 0.3) is 10.9 Å². The molecular formula is C32H35FN6O3. The Morgan fingerprint density at radius 1 is 1.02 bits per heavy atom. The number of carbonyl (C=O) groups excluding carboxylic acids is 2. The third-order valence-corrected chi connectivity index (χ3v) is 7.55. The molecule has 10 heteroatoms. The number of likely N-dealkylation sites (N-methyl/N-ethyl adjacent to an activating group) is 2. The summed E-state index contributed by atoms with van der Waals surface area (Å²) >= 11 is 0. The number of halogens is 1. The van der Waals surface area contributed by atoms with Crippen LogP contribution in [0.5, 0.6) is 5.88 Å². The highest BCUT2D eigenvalue weighted by atomic mass is 19.1. The van der Waals surface area contributed by atoms with E-state index in [-0.39, 0.29) is 17.7 Å². The van der Waals surface area contributed by atoms with Gasteiger partial charge in [-0.15, -0.1) is 0 Å². The minimum absolute atomic E-state index is 0.0202. The van der Waals surface area contributed by atoms with Crippen LogP contribution in [0.2, 0.25) is 0 Å². The topological polar surface area (TPSA) is 104 Å². The maximum absolute atomic E-state index is 13.9. The van der Waals surface area contributed by atoms with Crippen LogP contribution in [0.3, 0.4) is 0 Å². The third-order valence-electron chi connectivity index (χ3n) is 7.55. The van der Waals surface area contributed by atoms with Gasteiger partial charge in [-0.3, -0.25) is 14.5 Å². The monoisotopic (exact) mass is 570 g/mol. The first-order chi connectivity index (χ1) is 20.2. The van der Waals surface area contributed by atoms with Crippen molar-refractivity contribution in [2.45, 2.75) is 13.5 Å². The van der Waals surface area contributed by atoms with E-state index in [1.165, 1.54) is 19.1 Å². The number of piperazine rings is 1. The lowest BCUT2D eigenvalue weighted by Gasteiger charge is -2.32. The summed E-state index contributed by atoms with van der Waals surface area (Å²) in [5.74, 6) is -0.639. The second-order valence-corrected chi connectivity index (χ2v) is 10.7. The number of rotatable bonds is 8. The molecule has 3 N–H and O–H groups in total. The highest BCUT2D eigenvalue weighted by Gasteiger charge is 2.21. The Kier molecular flexibility index (Phi) is 8.65. The van der Waals surface area contributed by atoms with Crippen LogP contribution in [-0.4, -0.2) is 84.2 Å². The number of nitrogens with zero attached hydrogens (tertiary/aromatic N) is 4. The lowest BCUT2D eigenvalue weighted by atomic mass is 9.99. The van der Waals surface area contributed by atoms with Crippen molar-refractivity contribution in [1.29, 1.82) is 0 Å². The second kappa shape index (κ2) is 12.5. The number of aromatic amines is 1. The highest BCUT2D eigenvalue weighted by Crippen LogP contribution is 2.32. The maximum Gasteiger partial charge on any atom is 0.240 e. The molecule has 2 heterocycles. The number of aliphatic imine (C=N–C) groups is 1. The summed E-state index contributed by atoms with van der Waals surface area (Å²) in [4.78, 5) is 38.1. The molecule has 5 rings (SSSR count). The zero-order valence-corrected chi connectivity index (χ0v) is 24.0. The molecule has 0 spiro atoms. The van der Waals surface area contributed by atoms with Crippen molar-refractivity contribution in [1.82, 2.24) is 20.1 Å². The summed E-state index contributed by atoms with van der Waals surface area (Å²) in [6.07, 6.45) is 0. The minimum Gasteiger partial charge on any atom is -0.494 e. The average Bonchev–Trinajstić information content (AvgIpc) is 3.30. The summed E-state index contributed by atoms with van der Waals surface area (Å²) in [6, 6.07) is 19.1. The molecule has 1 fully saturated rings. The SMILES string of the molecule is CC(=O)NCc1ccc(C(=Nc2ccc(N(C)C(=O)CN3CCN(C)CC3)cc2)c2c(O)[nH]c3cc(F)ccc23)cc1. The molecule has 218 valence electrons. The summed E-state index contributed by atoms with van der Waals surface area (Å²) in [5.41, 5.74) is 4.40. The molecule has 2 amide bonds. The van der Waals surface area contributed by atoms with Gasteiger partial charge >= 0.3 is 0 Å². The van der Waals surface area contributed by atoms with Gasteiger partial charge in [0.25, 0.3) is 0 Å². The Hall–Kier alpha value is -4.54. The van der Waals surface area contributed by atoms with Gasteiger partial charge < -0.3 is 25.2 Å². The Morgan fingerprint density at radius 3 is 2.38 bits per heavy atom. The predicted octanol–water partition coefficient (Wildman–Crippen LogP) is 4.03. The Labute approximate surface area is 244 Å². The number of amides is 2. The molecule has 42 heavy (non-hydrogen) atoms. The number of H-pyrrole nitrogens is 1. The molecule has 9 nitrogen and oxygen atoms in total. The number of hydrogen-bond acceptors (Lipinski definition) is 6. The fourth-order valence-corrected chi connectivity index (χ4v) is 4.99. The van der Waals surface area contributed by atoms with E-state index in [2.05, 4.69) is 27.1 Å². The number of nitrogens with one attached hydrogen (secondary N) is 2. The van der Waals surface area contributed by atoms with Gasteiger partial charge in [0.05, 0.1) is 29.0 Å². The van der Waals surface area contributed by atoms with E-state index in [0.29, 0.717) is 41.0 Å². The fourth-order valence-electron chi connectivity index (χ4n) is 4.99. The second-order valence-electron chi connectivity index (χ2n) is 10.7. The van der Waals surface area contributed by atoms with E-state index in [1.54, 1.807) is 18.0 Å². The number of anilines is 1. The summed E-state index contributed by atoms with van der Waals surface area (Å²) in [7, 11) is 3.86. The van der Waals surface area contributed by atoms with Crippen LogP contribution in [0.4, 0.5) is 15.8 Å². The van der Waals surface area contributed by atoms with Crippen molar-refractivity contribution in [3.63, 3.8) is 0 Å². The smallest absolute Gasteiger partial charge is 0.240 e. The molecule has 3 aromatic carbocycles. The van der Waals surface area contributed by atoms with Crippen LogP contribution >= 0.6 is 0 Å². The summed E-state index contributed by atoms with van der Waals surface area (Å²) in [5, 5.41) is 14.3. The standard InChI is InChI=1S/C32H35FN6O3/c1-21(40)34-19-22-4-6-23(7-5-22)31(30-27-13-8-24(33)18-28(27)36-32(30)42)35-25-9-11-26(12-10-25)38(3)29(41)20-39-16-14-37(2)15-17-39/h4-13,18,36,42H,14-17,19-20H2,1-3H3,(H,34,40). The zero-order chi connectivity index (χ0) is 29.8. The van der Waals surface area contributed by atoms with Crippen LogP contribution in [0, 0.1) is 5.82 Å². The molecule has 0 saturated carbocycles. The van der Waals surface area contributed by atoms with Crippen LogP contribution in [0.1, 0.15) is 23.6 Å². The molecule has 0 aliphatic carbocycles. The van der Waals surface area contributed by atoms with Crippen LogP contribution in [0.15, 0.2) is 71.7 Å². The van der Waals surface area contributed by atoms with Gasteiger partial charge in [-0.05, 0) is 55.1 Å². The van der Waals surface area contributed by atoms with Gasteiger partial charge in [-0.2, -0.15) is 0 Å². The number of aromatic hydroxyl groups is 1. The first-order valence-corrected chi connectivity index (χ1v) is 13.9. The number of benzene rings is 3. The normalized spacial score (nSPS) is 14.7. The van der Waals surface area contributed by atoms with E-state index in [0.717, 1.165) is 43.0 Å². The maximum atomic E-state index is 13.9. The van der Waals surface area contributed by atoms with Crippen molar-refractivity contribution in [3.05, 3.63) is 89.2 Å². The molecule has 1 aromatic heterocycles. The van der Waals surface area contributed by atoms with Gasteiger partial charge in [-0.1, -0.05) is 24.3 Å². The molecule has 1 aliphatic rings. The minimum atomic E-state index is -0.419. The zero-order valence-electron chi connectivity index (χ0n) is 24.0. The number of hydrogen-bond donors (Lipinski definition) is 3. The van der Waals surface area contributed by atoms with E-state index >= 15 is 0 Å².